The average Bonchev–Trinajstić information content (AvgIpc) is 2.83. The van der Waals surface area contributed by atoms with Crippen molar-refractivity contribution in [2.75, 3.05) is 6.54 Å². The van der Waals surface area contributed by atoms with Gasteiger partial charge in [-0.1, -0.05) is 0 Å². The van der Waals surface area contributed by atoms with E-state index in [1.807, 2.05) is 12.1 Å². The van der Waals surface area contributed by atoms with Gasteiger partial charge in [0.25, 0.3) is 0 Å². The van der Waals surface area contributed by atoms with E-state index in [0.29, 0.717) is 17.9 Å². The van der Waals surface area contributed by atoms with Crippen molar-refractivity contribution in [3.63, 3.8) is 0 Å². The lowest BCUT2D eigenvalue weighted by Crippen LogP contribution is -2.44. The molecule has 0 N–H and O–H groups in total. The van der Waals surface area contributed by atoms with Crippen molar-refractivity contribution < 1.29 is 9.21 Å². The molecule has 1 aromatic rings. The summed E-state index contributed by atoms with van der Waals surface area (Å²) < 4.78 is 5.34. The Balaban J connectivity index is 1.61. The maximum absolute atomic E-state index is 11.5. The molecule has 0 spiro atoms. The zero-order valence-corrected chi connectivity index (χ0v) is 9.39. The van der Waals surface area contributed by atoms with Gasteiger partial charge in [-0.05, 0) is 25.0 Å². The summed E-state index contributed by atoms with van der Waals surface area (Å²) in [5.74, 6) is 1.51. The monoisotopic (exact) mass is 219 g/mol. The molecule has 2 bridgehead atoms. The molecule has 16 heavy (non-hydrogen) atoms. The van der Waals surface area contributed by atoms with Gasteiger partial charge in [-0.3, -0.25) is 9.69 Å². The lowest BCUT2D eigenvalue weighted by atomic mass is 10.0. The molecule has 2 aliphatic heterocycles. The quantitative estimate of drug-likeness (QED) is 0.779. The van der Waals surface area contributed by atoms with Crippen molar-refractivity contribution in [1.29, 1.82) is 0 Å². The summed E-state index contributed by atoms with van der Waals surface area (Å²) in [5, 5.41) is 0. The van der Waals surface area contributed by atoms with Crippen LogP contribution in [-0.4, -0.2) is 29.3 Å². The van der Waals surface area contributed by atoms with E-state index in [-0.39, 0.29) is 0 Å². The van der Waals surface area contributed by atoms with Gasteiger partial charge in [0.15, 0.2) is 0 Å². The molecule has 3 heteroatoms. The molecule has 3 nitrogen and oxygen atoms in total. The zero-order valence-electron chi connectivity index (χ0n) is 9.39. The molecule has 2 aliphatic rings. The van der Waals surface area contributed by atoms with Crippen LogP contribution in [0.25, 0.3) is 0 Å². The summed E-state index contributed by atoms with van der Waals surface area (Å²) in [6.07, 6.45) is 6.64. The third-order valence-corrected chi connectivity index (χ3v) is 3.89. The van der Waals surface area contributed by atoms with Crippen molar-refractivity contribution >= 4 is 5.78 Å². The highest BCUT2D eigenvalue weighted by molar-refractivity contribution is 5.80. The highest BCUT2D eigenvalue weighted by Crippen LogP contribution is 2.33. The van der Waals surface area contributed by atoms with Crippen molar-refractivity contribution in [1.82, 2.24) is 4.90 Å². The van der Waals surface area contributed by atoms with Gasteiger partial charge < -0.3 is 4.42 Å². The second kappa shape index (κ2) is 4.06. The smallest absolute Gasteiger partial charge is 0.136 e. The number of carbonyl (C=O) groups excluding carboxylic acids is 1. The minimum atomic E-state index is 0.460. The summed E-state index contributed by atoms with van der Waals surface area (Å²) in [5.41, 5.74) is 0. The number of furan rings is 1. The zero-order chi connectivity index (χ0) is 11.0. The molecule has 1 aromatic heterocycles. The highest BCUT2D eigenvalue weighted by atomic mass is 16.3. The minimum Gasteiger partial charge on any atom is -0.469 e. The Morgan fingerprint density at radius 3 is 2.69 bits per heavy atom. The van der Waals surface area contributed by atoms with E-state index in [2.05, 4.69) is 4.90 Å². The van der Waals surface area contributed by atoms with Crippen molar-refractivity contribution in [3.05, 3.63) is 24.2 Å². The van der Waals surface area contributed by atoms with Crippen molar-refractivity contribution in [2.45, 2.75) is 44.2 Å². The first kappa shape index (κ1) is 10.1. The number of piperidine rings is 1. The second-order valence-corrected chi connectivity index (χ2v) is 4.90. The van der Waals surface area contributed by atoms with Crippen LogP contribution in [-0.2, 0) is 11.2 Å². The maximum atomic E-state index is 11.5. The Morgan fingerprint density at radius 1 is 1.31 bits per heavy atom. The number of Topliss-reactive ketones (excluding diaryl/α,β-unsaturated/α-hetero) is 1. The Morgan fingerprint density at radius 2 is 2.06 bits per heavy atom. The average molecular weight is 219 g/mol. The van der Waals surface area contributed by atoms with Gasteiger partial charge >= 0.3 is 0 Å². The molecule has 0 aromatic carbocycles. The molecule has 3 rings (SSSR count). The Kier molecular flexibility index (Phi) is 2.56. The lowest BCUT2D eigenvalue weighted by Gasteiger charge is -2.33. The summed E-state index contributed by atoms with van der Waals surface area (Å²) >= 11 is 0. The van der Waals surface area contributed by atoms with Crippen LogP contribution in [0.5, 0.6) is 0 Å². The number of nitrogens with zero attached hydrogens (tertiary/aromatic N) is 1. The van der Waals surface area contributed by atoms with E-state index in [0.717, 1.165) is 31.6 Å². The molecule has 86 valence electrons. The molecule has 3 heterocycles. The molecule has 2 unspecified atom stereocenters. The van der Waals surface area contributed by atoms with E-state index >= 15 is 0 Å². The molecular weight excluding hydrogens is 202 g/mol. The van der Waals surface area contributed by atoms with Gasteiger partial charge in [0.1, 0.15) is 11.5 Å². The Labute approximate surface area is 95.4 Å². The Bertz CT molecular complexity index is 355. The minimum absolute atomic E-state index is 0.460. The van der Waals surface area contributed by atoms with Crippen LogP contribution in [0.3, 0.4) is 0 Å². The van der Waals surface area contributed by atoms with Gasteiger partial charge in [-0.2, -0.15) is 0 Å². The first-order valence-corrected chi connectivity index (χ1v) is 6.13. The van der Waals surface area contributed by atoms with Crippen LogP contribution >= 0.6 is 0 Å². The standard InChI is InChI=1S/C13H17NO2/c15-12-8-10-3-4-11(9-12)14(10)6-5-13-2-1-7-16-13/h1-2,7,10-11H,3-6,8-9H2. The van der Waals surface area contributed by atoms with E-state index in [4.69, 9.17) is 4.42 Å². The number of ketones is 1. The van der Waals surface area contributed by atoms with Gasteiger partial charge in [0, 0.05) is 37.9 Å². The first-order chi connectivity index (χ1) is 7.83. The number of carbonyl (C=O) groups is 1. The van der Waals surface area contributed by atoms with Gasteiger partial charge in [0.05, 0.1) is 6.26 Å². The summed E-state index contributed by atoms with van der Waals surface area (Å²) in [4.78, 5) is 14.0. The third-order valence-electron chi connectivity index (χ3n) is 3.89. The fraction of sp³-hybridized carbons (Fsp3) is 0.615. The summed E-state index contributed by atoms with van der Waals surface area (Å²) in [6, 6.07) is 4.99. The van der Waals surface area contributed by atoms with Crippen LogP contribution in [0, 0.1) is 0 Å². The third kappa shape index (κ3) is 1.80. The first-order valence-electron chi connectivity index (χ1n) is 6.13. The van der Waals surface area contributed by atoms with Crippen LogP contribution in [0.15, 0.2) is 22.8 Å². The van der Waals surface area contributed by atoms with Crippen LogP contribution < -0.4 is 0 Å². The number of rotatable bonds is 3. The van der Waals surface area contributed by atoms with Crippen molar-refractivity contribution in [3.8, 4) is 0 Å². The molecule has 2 fully saturated rings. The van der Waals surface area contributed by atoms with Crippen LogP contribution in [0.1, 0.15) is 31.4 Å². The fourth-order valence-corrected chi connectivity index (χ4v) is 3.12. The van der Waals surface area contributed by atoms with Gasteiger partial charge in [0.2, 0.25) is 0 Å². The van der Waals surface area contributed by atoms with E-state index in [9.17, 15) is 4.79 Å². The lowest BCUT2D eigenvalue weighted by molar-refractivity contribution is -0.123. The van der Waals surface area contributed by atoms with Gasteiger partial charge in [-0.25, -0.2) is 0 Å². The number of hydrogen-bond donors (Lipinski definition) is 0. The largest absolute Gasteiger partial charge is 0.469 e. The van der Waals surface area contributed by atoms with E-state index < -0.39 is 0 Å². The Hall–Kier alpha value is -1.09. The summed E-state index contributed by atoms with van der Waals surface area (Å²) in [6.45, 7) is 1.04. The topological polar surface area (TPSA) is 33.5 Å². The number of hydrogen-bond acceptors (Lipinski definition) is 3. The van der Waals surface area contributed by atoms with E-state index in [1.54, 1.807) is 6.26 Å². The molecule has 2 atom stereocenters. The molecule has 0 aliphatic carbocycles. The van der Waals surface area contributed by atoms with Crippen molar-refractivity contribution in [2.24, 2.45) is 0 Å². The SMILES string of the molecule is O=C1CC2CCC(C1)N2CCc1ccco1. The van der Waals surface area contributed by atoms with Gasteiger partial charge in [-0.15, -0.1) is 0 Å². The molecule has 0 radical (unpaired) electrons. The highest BCUT2D eigenvalue weighted by Gasteiger charge is 2.39. The molecule has 2 saturated heterocycles. The number of fused-ring (bicyclic) bond motifs is 2. The van der Waals surface area contributed by atoms with Crippen LogP contribution in [0.2, 0.25) is 0 Å². The predicted molar refractivity (Wildman–Crippen MR) is 60.2 cm³/mol. The van der Waals surface area contributed by atoms with E-state index in [1.165, 1.54) is 12.8 Å². The second-order valence-electron chi connectivity index (χ2n) is 4.90. The maximum Gasteiger partial charge on any atom is 0.136 e. The van der Waals surface area contributed by atoms with Crippen LogP contribution in [0.4, 0.5) is 0 Å². The summed E-state index contributed by atoms with van der Waals surface area (Å²) in [7, 11) is 0. The fourth-order valence-electron chi connectivity index (χ4n) is 3.12. The normalized spacial score (nSPS) is 29.9. The molecule has 0 saturated carbocycles. The predicted octanol–water partition coefficient (Wildman–Crippen LogP) is 2.02. The molecule has 0 amide bonds. The molecular formula is C13H17NO2.